The van der Waals surface area contributed by atoms with E-state index in [4.69, 9.17) is 18.6 Å². The van der Waals surface area contributed by atoms with Crippen LogP contribution in [-0.4, -0.2) is 35.9 Å². The summed E-state index contributed by atoms with van der Waals surface area (Å²) in [7, 11) is 6.69. The van der Waals surface area contributed by atoms with Gasteiger partial charge in [0.1, 0.15) is 5.76 Å². The van der Waals surface area contributed by atoms with Gasteiger partial charge in [-0.2, -0.15) is 0 Å². The Hall–Kier alpha value is -4.20. The number of aromatic amines is 1. The predicted octanol–water partition coefficient (Wildman–Crippen LogP) is 4.37. The third kappa shape index (κ3) is 2.99. The highest BCUT2D eigenvalue weighted by molar-refractivity contribution is 6.01. The number of aromatic nitrogens is 3. The van der Waals surface area contributed by atoms with Crippen LogP contribution < -0.4 is 19.9 Å². The van der Waals surface area contributed by atoms with Crippen LogP contribution in [-0.2, 0) is 7.05 Å². The van der Waals surface area contributed by atoms with E-state index in [1.165, 1.54) is 6.20 Å². The summed E-state index contributed by atoms with van der Waals surface area (Å²) in [5, 5.41) is 1.75. The Morgan fingerprint density at radius 3 is 2.41 bits per heavy atom. The van der Waals surface area contributed by atoms with Crippen LogP contribution in [0.2, 0.25) is 0 Å². The van der Waals surface area contributed by atoms with E-state index in [2.05, 4.69) is 20.6 Å². The molecule has 3 heterocycles. The second-order valence-electron chi connectivity index (χ2n) is 7.35. The average Bonchev–Trinajstić information content (AvgIpc) is 3.37. The van der Waals surface area contributed by atoms with Gasteiger partial charge in [-0.15, -0.1) is 0 Å². The second-order valence-corrected chi connectivity index (χ2v) is 7.35. The minimum atomic E-state index is -0.479. The molecule has 1 N–H and O–H groups in total. The fourth-order valence-corrected chi connectivity index (χ4v) is 4.05. The first kappa shape index (κ1) is 19.7. The van der Waals surface area contributed by atoms with Gasteiger partial charge in [-0.05, 0) is 42.0 Å². The second kappa shape index (κ2) is 7.49. The van der Waals surface area contributed by atoms with Crippen LogP contribution in [0.4, 0.5) is 0 Å². The molecule has 5 aromatic rings. The molecule has 0 amide bonds. The van der Waals surface area contributed by atoms with E-state index >= 15 is 0 Å². The van der Waals surface area contributed by atoms with E-state index in [1.807, 2.05) is 43.6 Å². The smallest absolute Gasteiger partial charge is 0.347 e. The van der Waals surface area contributed by atoms with E-state index in [9.17, 15) is 4.79 Å². The zero-order valence-electron chi connectivity index (χ0n) is 18.1. The molecule has 8 nitrogen and oxygen atoms in total. The number of hydrogen-bond acceptors (Lipinski definition) is 6. The molecule has 0 saturated carbocycles. The van der Waals surface area contributed by atoms with Gasteiger partial charge in [-0.1, -0.05) is 0 Å². The largest absolute Gasteiger partial charge is 0.493 e. The molecule has 0 aliphatic carbocycles. The minimum absolute atomic E-state index is 0.344. The summed E-state index contributed by atoms with van der Waals surface area (Å²) in [6.45, 7) is 0. The van der Waals surface area contributed by atoms with E-state index in [-0.39, 0.29) is 0 Å². The summed E-state index contributed by atoms with van der Waals surface area (Å²) in [6.07, 6.45) is 3.52. The normalized spacial score (nSPS) is 11.2. The summed E-state index contributed by atoms with van der Waals surface area (Å²) in [5.41, 5.74) is 3.37. The maximum absolute atomic E-state index is 11.9. The highest BCUT2D eigenvalue weighted by Crippen LogP contribution is 2.46. The number of ether oxygens (including phenoxy) is 3. The van der Waals surface area contributed by atoms with Crippen LogP contribution in [0, 0.1) is 0 Å². The lowest BCUT2D eigenvalue weighted by Crippen LogP contribution is -2.07. The van der Waals surface area contributed by atoms with Crippen LogP contribution >= 0.6 is 0 Å². The Morgan fingerprint density at radius 2 is 1.72 bits per heavy atom. The zero-order chi connectivity index (χ0) is 22.4. The molecule has 32 heavy (non-hydrogen) atoms. The van der Waals surface area contributed by atoms with Crippen molar-refractivity contribution in [3.05, 3.63) is 59.3 Å². The fourth-order valence-electron chi connectivity index (χ4n) is 4.05. The molecule has 0 aliphatic rings. The molecule has 0 unspecified atom stereocenters. The lowest BCUT2D eigenvalue weighted by molar-refractivity contribution is 0.324. The van der Waals surface area contributed by atoms with Gasteiger partial charge in [0.15, 0.2) is 11.5 Å². The average molecular weight is 431 g/mol. The van der Waals surface area contributed by atoms with E-state index in [0.717, 1.165) is 27.6 Å². The van der Waals surface area contributed by atoms with Gasteiger partial charge in [0.25, 0.3) is 0 Å². The summed E-state index contributed by atoms with van der Waals surface area (Å²) in [6, 6.07) is 11.8. The van der Waals surface area contributed by atoms with Gasteiger partial charge in [0.2, 0.25) is 11.5 Å². The number of H-pyrrole nitrogens is 1. The van der Waals surface area contributed by atoms with Crippen molar-refractivity contribution in [2.75, 3.05) is 21.3 Å². The molecular formula is C24H21N3O5. The number of rotatable bonds is 5. The summed E-state index contributed by atoms with van der Waals surface area (Å²) in [4.78, 5) is 18.5. The molecule has 0 saturated heterocycles. The third-order valence-corrected chi connectivity index (χ3v) is 5.58. The molecule has 0 atom stereocenters. The number of nitrogens with one attached hydrogen (secondary N) is 1. The van der Waals surface area contributed by atoms with Crippen molar-refractivity contribution in [2.24, 2.45) is 7.05 Å². The Balaban J connectivity index is 1.83. The lowest BCUT2D eigenvalue weighted by Gasteiger charge is -2.14. The molecule has 0 bridgehead atoms. The third-order valence-electron chi connectivity index (χ3n) is 5.58. The number of furan rings is 1. The standard InChI is InChI=1S/C24H21N3O5/c1-27-8-7-13-9-14(5-6-17(13)27)21-20(16-12-25-24(28)26-23(16)32-21)15-10-18(29-2)22(31-4)19(11-15)30-3/h5-12H,1-4H3,(H,25,26,28). The van der Waals surface area contributed by atoms with Crippen LogP contribution in [0.5, 0.6) is 17.2 Å². The van der Waals surface area contributed by atoms with E-state index in [0.29, 0.717) is 34.1 Å². The van der Waals surface area contributed by atoms with Crippen molar-refractivity contribution in [1.82, 2.24) is 14.5 Å². The lowest BCUT2D eigenvalue weighted by atomic mass is 9.98. The number of methoxy groups -OCH3 is 3. The SMILES string of the molecule is COc1cc(-c2c(-c3ccc4c(ccn4C)c3)oc3[nH]c(=O)ncc23)cc(OC)c1OC. The van der Waals surface area contributed by atoms with Crippen LogP contribution in [0.15, 0.2) is 58.0 Å². The van der Waals surface area contributed by atoms with Crippen LogP contribution in [0.1, 0.15) is 0 Å². The highest BCUT2D eigenvalue weighted by atomic mass is 16.5. The van der Waals surface area contributed by atoms with E-state index in [1.54, 1.807) is 21.3 Å². The highest BCUT2D eigenvalue weighted by Gasteiger charge is 2.23. The van der Waals surface area contributed by atoms with Gasteiger partial charge < -0.3 is 23.2 Å². The van der Waals surface area contributed by atoms with Crippen molar-refractivity contribution in [1.29, 1.82) is 0 Å². The topological polar surface area (TPSA) is 91.5 Å². The predicted molar refractivity (Wildman–Crippen MR) is 122 cm³/mol. The number of fused-ring (bicyclic) bond motifs is 2. The fraction of sp³-hybridized carbons (Fsp3) is 0.167. The van der Waals surface area contributed by atoms with Crippen LogP contribution in [0.25, 0.3) is 44.5 Å². The number of aryl methyl sites for hydroxylation is 1. The molecular weight excluding hydrogens is 410 g/mol. The Morgan fingerprint density at radius 1 is 0.969 bits per heavy atom. The molecule has 162 valence electrons. The Bertz CT molecular complexity index is 1500. The minimum Gasteiger partial charge on any atom is -0.493 e. The molecule has 5 rings (SSSR count). The van der Waals surface area contributed by atoms with Crippen molar-refractivity contribution in [3.8, 4) is 39.7 Å². The molecule has 3 aromatic heterocycles. The van der Waals surface area contributed by atoms with Gasteiger partial charge in [0.05, 0.1) is 26.7 Å². The monoisotopic (exact) mass is 431 g/mol. The first-order valence-electron chi connectivity index (χ1n) is 9.91. The summed E-state index contributed by atoms with van der Waals surface area (Å²) >= 11 is 0. The zero-order valence-corrected chi connectivity index (χ0v) is 18.1. The number of nitrogens with zero attached hydrogens (tertiary/aromatic N) is 2. The maximum Gasteiger partial charge on any atom is 0.347 e. The Labute approximate surface area is 183 Å². The van der Waals surface area contributed by atoms with Gasteiger partial charge in [0, 0.05) is 41.5 Å². The number of hydrogen-bond donors (Lipinski definition) is 1. The van der Waals surface area contributed by atoms with Gasteiger partial charge in [-0.25, -0.2) is 9.78 Å². The van der Waals surface area contributed by atoms with Crippen molar-refractivity contribution in [3.63, 3.8) is 0 Å². The number of benzene rings is 2. The molecule has 2 aromatic carbocycles. The first-order valence-corrected chi connectivity index (χ1v) is 9.91. The van der Waals surface area contributed by atoms with E-state index < -0.39 is 5.69 Å². The van der Waals surface area contributed by atoms with Crippen LogP contribution in [0.3, 0.4) is 0 Å². The quantitative estimate of drug-likeness (QED) is 0.444. The first-order chi connectivity index (χ1) is 15.5. The van der Waals surface area contributed by atoms with Crippen molar-refractivity contribution < 1.29 is 18.6 Å². The maximum atomic E-state index is 11.9. The molecule has 0 fully saturated rings. The Kier molecular flexibility index (Phi) is 4.62. The molecule has 0 spiro atoms. The van der Waals surface area contributed by atoms with Gasteiger partial charge >= 0.3 is 5.69 Å². The molecule has 8 heteroatoms. The summed E-state index contributed by atoms with van der Waals surface area (Å²) < 4.78 is 24.8. The van der Waals surface area contributed by atoms with Crippen molar-refractivity contribution in [2.45, 2.75) is 0 Å². The molecule has 0 radical (unpaired) electrons. The van der Waals surface area contributed by atoms with Gasteiger partial charge in [-0.3, -0.25) is 4.98 Å². The summed E-state index contributed by atoms with van der Waals surface area (Å²) in [5.74, 6) is 2.12. The molecule has 0 aliphatic heterocycles. The van der Waals surface area contributed by atoms with Crippen molar-refractivity contribution >= 4 is 22.0 Å².